The first kappa shape index (κ1) is 12.4. The van der Waals surface area contributed by atoms with Gasteiger partial charge in [0.05, 0.1) is 11.1 Å². The third-order valence-corrected chi connectivity index (χ3v) is 1.87. The van der Waals surface area contributed by atoms with E-state index in [1.807, 2.05) is 0 Å². The van der Waals surface area contributed by atoms with E-state index in [2.05, 4.69) is 0 Å². The SMILES string of the molecule is O=C(O)C=Cc1cc(C(=O)O)cc(C(=O)O)c1. The van der Waals surface area contributed by atoms with Crippen LogP contribution in [0.1, 0.15) is 26.3 Å². The number of carboxylic acids is 3. The van der Waals surface area contributed by atoms with Gasteiger partial charge in [-0.15, -0.1) is 0 Å². The maximum absolute atomic E-state index is 10.7. The number of benzene rings is 1. The molecule has 0 amide bonds. The van der Waals surface area contributed by atoms with E-state index >= 15 is 0 Å². The maximum Gasteiger partial charge on any atom is 0.335 e. The maximum atomic E-state index is 10.7. The average molecular weight is 236 g/mol. The Morgan fingerprint density at radius 2 is 1.35 bits per heavy atom. The fourth-order valence-corrected chi connectivity index (χ4v) is 1.16. The van der Waals surface area contributed by atoms with Crippen molar-refractivity contribution in [2.24, 2.45) is 0 Å². The Morgan fingerprint density at radius 3 is 1.71 bits per heavy atom. The summed E-state index contributed by atoms with van der Waals surface area (Å²) in [5.41, 5.74) is -0.227. The quantitative estimate of drug-likeness (QED) is 0.676. The van der Waals surface area contributed by atoms with Crippen molar-refractivity contribution in [3.63, 3.8) is 0 Å². The van der Waals surface area contributed by atoms with Crippen LogP contribution in [0.3, 0.4) is 0 Å². The van der Waals surface area contributed by atoms with E-state index in [1.54, 1.807) is 0 Å². The molecule has 0 atom stereocenters. The molecule has 88 valence electrons. The monoisotopic (exact) mass is 236 g/mol. The molecule has 0 unspecified atom stereocenters. The Hall–Kier alpha value is -2.63. The minimum absolute atomic E-state index is 0.199. The number of hydrogen-bond acceptors (Lipinski definition) is 3. The molecule has 0 bridgehead atoms. The molecule has 0 aliphatic rings. The van der Waals surface area contributed by atoms with Crippen molar-refractivity contribution in [1.29, 1.82) is 0 Å². The molecule has 6 heteroatoms. The van der Waals surface area contributed by atoms with Gasteiger partial charge in [-0.25, -0.2) is 14.4 Å². The number of carbonyl (C=O) groups is 3. The standard InChI is InChI=1S/C11H8O6/c12-9(13)2-1-6-3-7(10(14)15)5-8(4-6)11(16)17/h1-5H,(H,12,13)(H,14,15)(H,16,17). The van der Waals surface area contributed by atoms with E-state index in [1.165, 1.54) is 12.1 Å². The second-order valence-corrected chi connectivity index (χ2v) is 3.13. The first-order valence-corrected chi connectivity index (χ1v) is 4.43. The number of aliphatic carboxylic acids is 1. The number of carboxylic acid groups (broad SMARTS) is 3. The normalized spacial score (nSPS) is 10.4. The van der Waals surface area contributed by atoms with Gasteiger partial charge in [-0.1, -0.05) is 0 Å². The van der Waals surface area contributed by atoms with Gasteiger partial charge in [-0.05, 0) is 29.8 Å². The van der Waals surface area contributed by atoms with Gasteiger partial charge >= 0.3 is 17.9 Å². The predicted octanol–water partition coefficient (Wildman–Crippen LogP) is 1.18. The molecule has 1 aromatic carbocycles. The van der Waals surface area contributed by atoms with Gasteiger partial charge in [0.15, 0.2) is 0 Å². The summed E-state index contributed by atoms with van der Waals surface area (Å²) in [5, 5.41) is 25.9. The highest BCUT2D eigenvalue weighted by atomic mass is 16.4. The molecule has 0 saturated heterocycles. The summed E-state index contributed by atoms with van der Waals surface area (Å²) in [7, 11) is 0. The number of aromatic carboxylic acids is 2. The van der Waals surface area contributed by atoms with Gasteiger partial charge in [0, 0.05) is 6.08 Å². The van der Waals surface area contributed by atoms with Crippen molar-refractivity contribution in [1.82, 2.24) is 0 Å². The van der Waals surface area contributed by atoms with E-state index in [4.69, 9.17) is 15.3 Å². The third kappa shape index (κ3) is 3.45. The second-order valence-electron chi connectivity index (χ2n) is 3.13. The molecule has 0 spiro atoms. The van der Waals surface area contributed by atoms with Crippen molar-refractivity contribution in [3.8, 4) is 0 Å². The van der Waals surface area contributed by atoms with Crippen molar-refractivity contribution in [2.45, 2.75) is 0 Å². The van der Waals surface area contributed by atoms with Crippen LogP contribution in [0.5, 0.6) is 0 Å². The minimum atomic E-state index is -1.28. The molecule has 0 heterocycles. The van der Waals surface area contributed by atoms with Gasteiger partial charge in [-0.3, -0.25) is 0 Å². The van der Waals surface area contributed by atoms with E-state index in [9.17, 15) is 14.4 Å². The molecular formula is C11H8O6. The first-order chi connectivity index (χ1) is 7.90. The summed E-state index contributed by atoms with van der Waals surface area (Å²) in [5.74, 6) is -3.77. The van der Waals surface area contributed by atoms with E-state index < -0.39 is 17.9 Å². The smallest absolute Gasteiger partial charge is 0.335 e. The fraction of sp³-hybridized carbons (Fsp3) is 0. The Labute approximate surface area is 95.4 Å². The summed E-state index contributed by atoms with van der Waals surface area (Å²) in [6.07, 6.45) is 1.92. The molecule has 0 aliphatic carbocycles. The Balaban J connectivity index is 3.26. The Kier molecular flexibility index (Phi) is 3.61. The van der Waals surface area contributed by atoms with Crippen LogP contribution in [0.2, 0.25) is 0 Å². The van der Waals surface area contributed by atoms with Crippen LogP contribution in [0.25, 0.3) is 6.08 Å². The summed E-state index contributed by atoms with van der Waals surface area (Å²) < 4.78 is 0. The summed E-state index contributed by atoms with van der Waals surface area (Å²) in [4.78, 5) is 31.8. The molecule has 6 nitrogen and oxygen atoms in total. The fourth-order valence-electron chi connectivity index (χ4n) is 1.16. The largest absolute Gasteiger partial charge is 0.478 e. The molecule has 0 aromatic heterocycles. The molecule has 0 aliphatic heterocycles. The number of hydrogen-bond donors (Lipinski definition) is 3. The summed E-state index contributed by atoms with van der Waals surface area (Å²) in [6.45, 7) is 0. The lowest BCUT2D eigenvalue weighted by Gasteiger charge is -2.01. The lowest BCUT2D eigenvalue weighted by molar-refractivity contribution is -0.131. The predicted molar refractivity (Wildman–Crippen MR) is 57.0 cm³/mol. The van der Waals surface area contributed by atoms with Gasteiger partial charge in [0.2, 0.25) is 0 Å². The number of rotatable bonds is 4. The van der Waals surface area contributed by atoms with Crippen LogP contribution < -0.4 is 0 Å². The minimum Gasteiger partial charge on any atom is -0.478 e. The lowest BCUT2D eigenvalue weighted by Crippen LogP contribution is -2.03. The zero-order chi connectivity index (χ0) is 13.0. The van der Waals surface area contributed by atoms with Gasteiger partial charge in [0.25, 0.3) is 0 Å². The van der Waals surface area contributed by atoms with Crippen LogP contribution in [-0.2, 0) is 4.79 Å². The Bertz CT molecular complexity index is 482. The van der Waals surface area contributed by atoms with Crippen LogP contribution in [0.4, 0.5) is 0 Å². The van der Waals surface area contributed by atoms with Crippen molar-refractivity contribution >= 4 is 24.0 Å². The average Bonchev–Trinajstić information content (AvgIpc) is 2.25. The van der Waals surface area contributed by atoms with Gasteiger partial charge < -0.3 is 15.3 Å². The van der Waals surface area contributed by atoms with Gasteiger partial charge in [0.1, 0.15) is 0 Å². The highest BCUT2D eigenvalue weighted by molar-refractivity contribution is 5.95. The highest BCUT2D eigenvalue weighted by Gasteiger charge is 2.10. The zero-order valence-electron chi connectivity index (χ0n) is 8.45. The molecule has 17 heavy (non-hydrogen) atoms. The topological polar surface area (TPSA) is 112 Å². The van der Waals surface area contributed by atoms with Crippen LogP contribution in [0, 0.1) is 0 Å². The van der Waals surface area contributed by atoms with Crippen molar-refractivity contribution in [3.05, 3.63) is 41.0 Å². The Morgan fingerprint density at radius 1 is 0.882 bits per heavy atom. The third-order valence-electron chi connectivity index (χ3n) is 1.87. The van der Waals surface area contributed by atoms with E-state index in [0.29, 0.717) is 0 Å². The first-order valence-electron chi connectivity index (χ1n) is 4.43. The molecule has 3 N–H and O–H groups in total. The van der Waals surface area contributed by atoms with Crippen LogP contribution in [0.15, 0.2) is 24.3 Å². The molecule has 0 radical (unpaired) electrons. The van der Waals surface area contributed by atoms with E-state index in [0.717, 1.165) is 18.2 Å². The second kappa shape index (κ2) is 4.93. The highest BCUT2D eigenvalue weighted by Crippen LogP contribution is 2.12. The molecular weight excluding hydrogens is 228 g/mol. The van der Waals surface area contributed by atoms with Crippen LogP contribution in [-0.4, -0.2) is 33.2 Å². The van der Waals surface area contributed by atoms with Gasteiger partial charge in [-0.2, -0.15) is 0 Å². The molecule has 0 saturated carbocycles. The van der Waals surface area contributed by atoms with Crippen molar-refractivity contribution < 1.29 is 29.7 Å². The lowest BCUT2D eigenvalue weighted by atomic mass is 10.1. The van der Waals surface area contributed by atoms with Crippen LogP contribution >= 0.6 is 0 Å². The molecule has 1 rings (SSSR count). The van der Waals surface area contributed by atoms with E-state index in [-0.39, 0.29) is 16.7 Å². The zero-order valence-corrected chi connectivity index (χ0v) is 8.45. The summed E-state index contributed by atoms with van der Waals surface area (Å²) in [6, 6.07) is 3.38. The molecule has 0 fully saturated rings. The van der Waals surface area contributed by atoms with Crippen molar-refractivity contribution in [2.75, 3.05) is 0 Å². The molecule has 1 aromatic rings. The summed E-state index contributed by atoms with van der Waals surface area (Å²) >= 11 is 0.